The fourth-order valence-electron chi connectivity index (χ4n) is 2.21. The molecule has 22 heavy (non-hydrogen) atoms. The van der Waals surface area contributed by atoms with Crippen LogP contribution in [0.3, 0.4) is 0 Å². The molecule has 7 nitrogen and oxygen atoms in total. The van der Waals surface area contributed by atoms with E-state index in [1.807, 2.05) is 4.90 Å². The standard InChI is InChI=1S/C14H25N5O2S/c1-17-4-5-18(2)7-9-19(8-6-17)14(20)16-13-15-10-12(22-13)11-21-3/h10H,4-9,11H2,1-3H3,(H,15,16,20). The van der Waals surface area contributed by atoms with Gasteiger partial charge in [0.1, 0.15) is 0 Å². The Kier molecular flexibility index (Phi) is 6.56. The molecule has 1 aromatic rings. The van der Waals surface area contributed by atoms with Crippen LogP contribution in [-0.4, -0.2) is 86.2 Å². The van der Waals surface area contributed by atoms with Crippen molar-refractivity contribution in [3.05, 3.63) is 11.1 Å². The second-order valence-electron chi connectivity index (χ2n) is 5.59. The highest BCUT2D eigenvalue weighted by Crippen LogP contribution is 2.19. The number of amides is 2. The van der Waals surface area contributed by atoms with Crippen LogP contribution in [0.25, 0.3) is 0 Å². The maximum atomic E-state index is 12.4. The topological polar surface area (TPSA) is 60.9 Å². The number of rotatable bonds is 3. The van der Waals surface area contributed by atoms with Gasteiger partial charge in [-0.15, -0.1) is 0 Å². The van der Waals surface area contributed by atoms with E-state index in [0.29, 0.717) is 11.7 Å². The molecule has 0 radical (unpaired) electrons. The van der Waals surface area contributed by atoms with Gasteiger partial charge in [0.15, 0.2) is 5.13 Å². The minimum absolute atomic E-state index is 0.0815. The van der Waals surface area contributed by atoms with Crippen molar-refractivity contribution in [2.24, 2.45) is 0 Å². The lowest BCUT2D eigenvalue weighted by Crippen LogP contribution is -2.41. The molecule has 1 saturated heterocycles. The molecule has 1 aliphatic rings. The quantitative estimate of drug-likeness (QED) is 0.897. The van der Waals surface area contributed by atoms with Gasteiger partial charge < -0.3 is 19.4 Å². The van der Waals surface area contributed by atoms with E-state index < -0.39 is 0 Å². The molecule has 2 heterocycles. The van der Waals surface area contributed by atoms with Crippen molar-refractivity contribution < 1.29 is 9.53 Å². The highest BCUT2D eigenvalue weighted by Gasteiger charge is 2.18. The summed E-state index contributed by atoms with van der Waals surface area (Å²) in [5, 5.41) is 3.51. The van der Waals surface area contributed by atoms with Crippen LogP contribution in [-0.2, 0) is 11.3 Å². The summed E-state index contributed by atoms with van der Waals surface area (Å²) in [4.78, 5) is 24.0. The number of anilines is 1. The number of carbonyl (C=O) groups excluding carboxylic acids is 1. The Hall–Kier alpha value is -1.22. The summed E-state index contributed by atoms with van der Waals surface area (Å²) in [6.07, 6.45) is 1.74. The van der Waals surface area contributed by atoms with Crippen LogP contribution in [0.1, 0.15) is 4.88 Å². The van der Waals surface area contributed by atoms with Gasteiger partial charge in [0.25, 0.3) is 0 Å². The molecule has 2 amide bonds. The number of ether oxygens (including phenoxy) is 1. The Morgan fingerprint density at radius 2 is 1.82 bits per heavy atom. The first-order valence-electron chi connectivity index (χ1n) is 7.45. The fraction of sp³-hybridized carbons (Fsp3) is 0.714. The number of urea groups is 1. The summed E-state index contributed by atoms with van der Waals surface area (Å²) in [5.41, 5.74) is 0. The van der Waals surface area contributed by atoms with Crippen molar-refractivity contribution in [1.82, 2.24) is 19.7 Å². The number of thiazole rings is 1. The number of hydrogen-bond donors (Lipinski definition) is 1. The molecule has 0 aromatic carbocycles. The summed E-state index contributed by atoms with van der Waals surface area (Å²) in [6, 6.07) is -0.0815. The number of nitrogens with zero attached hydrogens (tertiary/aromatic N) is 4. The molecule has 0 unspecified atom stereocenters. The molecule has 1 fully saturated rings. The number of likely N-dealkylation sites (N-methyl/N-ethyl adjacent to an activating group) is 2. The first-order valence-corrected chi connectivity index (χ1v) is 8.27. The number of aromatic nitrogens is 1. The van der Waals surface area contributed by atoms with E-state index in [1.165, 1.54) is 11.3 Å². The molecule has 1 aliphatic heterocycles. The third-order valence-corrected chi connectivity index (χ3v) is 4.59. The van der Waals surface area contributed by atoms with Crippen LogP contribution in [0.15, 0.2) is 6.20 Å². The smallest absolute Gasteiger partial charge is 0.323 e. The minimum atomic E-state index is -0.0815. The van der Waals surface area contributed by atoms with E-state index in [2.05, 4.69) is 34.2 Å². The van der Waals surface area contributed by atoms with Crippen LogP contribution in [0, 0.1) is 0 Å². The van der Waals surface area contributed by atoms with Crippen LogP contribution in [0.5, 0.6) is 0 Å². The molecule has 0 aliphatic carbocycles. The highest BCUT2D eigenvalue weighted by atomic mass is 32.1. The zero-order valence-corrected chi connectivity index (χ0v) is 14.4. The monoisotopic (exact) mass is 327 g/mol. The summed E-state index contributed by atoms with van der Waals surface area (Å²) in [6.45, 7) is 5.80. The lowest BCUT2D eigenvalue weighted by atomic mass is 10.4. The third-order valence-electron chi connectivity index (χ3n) is 3.71. The second kappa shape index (κ2) is 8.42. The molecule has 124 valence electrons. The second-order valence-corrected chi connectivity index (χ2v) is 6.70. The zero-order valence-electron chi connectivity index (χ0n) is 13.5. The lowest BCUT2D eigenvalue weighted by Gasteiger charge is -2.24. The molecular formula is C14H25N5O2S. The van der Waals surface area contributed by atoms with Crippen molar-refractivity contribution in [2.75, 3.05) is 65.8 Å². The van der Waals surface area contributed by atoms with Gasteiger partial charge in [-0.2, -0.15) is 0 Å². The van der Waals surface area contributed by atoms with E-state index in [1.54, 1.807) is 13.3 Å². The molecule has 0 saturated carbocycles. The predicted octanol–water partition coefficient (Wildman–Crippen LogP) is 1.00. The summed E-state index contributed by atoms with van der Waals surface area (Å²) < 4.78 is 5.07. The van der Waals surface area contributed by atoms with Gasteiger partial charge in [-0.1, -0.05) is 11.3 Å². The van der Waals surface area contributed by atoms with Crippen LogP contribution in [0.4, 0.5) is 9.93 Å². The van der Waals surface area contributed by atoms with Crippen molar-refractivity contribution in [3.63, 3.8) is 0 Å². The summed E-state index contributed by atoms with van der Waals surface area (Å²) in [7, 11) is 5.83. The van der Waals surface area contributed by atoms with Gasteiger partial charge in [0.05, 0.1) is 11.5 Å². The Morgan fingerprint density at radius 3 is 2.41 bits per heavy atom. The summed E-state index contributed by atoms with van der Waals surface area (Å²) >= 11 is 1.45. The van der Waals surface area contributed by atoms with Crippen LogP contribution in [0.2, 0.25) is 0 Å². The first-order chi connectivity index (χ1) is 10.6. The van der Waals surface area contributed by atoms with E-state index in [9.17, 15) is 4.79 Å². The van der Waals surface area contributed by atoms with E-state index in [4.69, 9.17) is 4.74 Å². The molecule has 8 heteroatoms. The maximum absolute atomic E-state index is 12.4. The minimum Gasteiger partial charge on any atom is -0.379 e. The highest BCUT2D eigenvalue weighted by molar-refractivity contribution is 7.15. The predicted molar refractivity (Wildman–Crippen MR) is 88.4 cm³/mol. The Morgan fingerprint density at radius 1 is 1.23 bits per heavy atom. The number of hydrogen-bond acceptors (Lipinski definition) is 6. The molecule has 0 bridgehead atoms. The van der Waals surface area contributed by atoms with Gasteiger partial charge in [0, 0.05) is 52.6 Å². The Labute approximate surface area is 135 Å². The van der Waals surface area contributed by atoms with Gasteiger partial charge in [-0.25, -0.2) is 9.78 Å². The first kappa shape index (κ1) is 17.1. The molecule has 0 atom stereocenters. The summed E-state index contributed by atoms with van der Waals surface area (Å²) in [5.74, 6) is 0. The van der Waals surface area contributed by atoms with Crippen molar-refractivity contribution in [1.29, 1.82) is 0 Å². The van der Waals surface area contributed by atoms with Crippen LogP contribution >= 0.6 is 11.3 Å². The number of nitrogens with one attached hydrogen (secondary N) is 1. The molecule has 0 spiro atoms. The average Bonchev–Trinajstić information content (AvgIpc) is 2.94. The maximum Gasteiger partial charge on any atom is 0.323 e. The average molecular weight is 327 g/mol. The van der Waals surface area contributed by atoms with Gasteiger partial charge in [0.2, 0.25) is 0 Å². The normalized spacial score (nSPS) is 18.6. The molecule has 1 N–H and O–H groups in total. The van der Waals surface area contributed by atoms with Gasteiger partial charge in [-0.3, -0.25) is 5.32 Å². The van der Waals surface area contributed by atoms with Crippen molar-refractivity contribution >= 4 is 22.5 Å². The fourth-order valence-corrected chi connectivity index (χ4v) is 2.98. The Balaban J connectivity index is 1.93. The van der Waals surface area contributed by atoms with Crippen molar-refractivity contribution in [3.8, 4) is 0 Å². The Bertz CT molecular complexity index is 468. The largest absolute Gasteiger partial charge is 0.379 e. The van der Waals surface area contributed by atoms with Crippen molar-refractivity contribution in [2.45, 2.75) is 6.61 Å². The van der Waals surface area contributed by atoms with E-state index in [0.717, 1.165) is 44.1 Å². The third kappa shape index (κ3) is 5.20. The molecule has 1 aromatic heterocycles. The molecular weight excluding hydrogens is 302 g/mol. The van der Waals surface area contributed by atoms with Gasteiger partial charge in [-0.05, 0) is 14.1 Å². The zero-order chi connectivity index (χ0) is 15.9. The lowest BCUT2D eigenvalue weighted by molar-refractivity contribution is 0.187. The number of carbonyl (C=O) groups is 1. The van der Waals surface area contributed by atoms with E-state index in [-0.39, 0.29) is 6.03 Å². The van der Waals surface area contributed by atoms with Gasteiger partial charge >= 0.3 is 6.03 Å². The number of methoxy groups -OCH3 is 1. The van der Waals surface area contributed by atoms with E-state index >= 15 is 0 Å². The SMILES string of the molecule is COCc1cnc(NC(=O)N2CCN(C)CCN(C)CC2)s1. The molecule has 2 rings (SSSR count). The van der Waals surface area contributed by atoms with Crippen LogP contribution < -0.4 is 5.32 Å².